The van der Waals surface area contributed by atoms with Crippen LogP contribution in [0.2, 0.25) is 0 Å². The second kappa shape index (κ2) is 8.23. The van der Waals surface area contributed by atoms with Crippen molar-refractivity contribution in [3.05, 3.63) is 66.6 Å². The summed E-state index contributed by atoms with van der Waals surface area (Å²) in [5.74, 6) is -4.39. The first-order valence-electron chi connectivity index (χ1n) is 10.6. The van der Waals surface area contributed by atoms with E-state index in [4.69, 9.17) is 9.68 Å². The number of aromatic nitrogens is 1. The number of benzene rings is 2. The Balaban J connectivity index is 1.38. The predicted octanol–water partition coefficient (Wildman–Crippen LogP) is 4.14. The highest BCUT2D eigenvalue weighted by Crippen LogP contribution is 2.32. The van der Waals surface area contributed by atoms with Crippen LogP contribution in [0, 0.1) is 11.3 Å². The lowest BCUT2D eigenvalue weighted by atomic mass is 10.00. The summed E-state index contributed by atoms with van der Waals surface area (Å²) < 4.78 is 32.7. The third kappa shape index (κ3) is 3.94. The largest absolute Gasteiger partial charge is 0.464 e. The Kier molecular flexibility index (Phi) is 5.21. The van der Waals surface area contributed by atoms with Gasteiger partial charge in [0.1, 0.15) is 11.6 Å². The van der Waals surface area contributed by atoms with E-state index in [9.17, 15) is 18.4 Å². The summed E-state index contributed by atoms with van der Waals surface area (Å²) in [6.45, 7) is -1.33. The number of alkyl halides is 2. The van der Waals surface area contributed by atoms with Gasteiger partial charge in [-0.15, -0.1) is 0 Å². The Morgan fingerprint density at radius 1 is 1.18 bits per heavy atom. The van der Waals surface area contributed by atoms with E-state index in [0.29, 0.717) is 16.5 Å². The summed E-state index contributed by atoms with van der Waals surface area (Å²) in [6, 6.07) is 15.2. The van der Waals surface area contributed by atoms with Crippen molar-refractivity contribution in [3.63, 3.8) is 0 Å². The summed E-state index contributed by atoms with van der Waals surface area (Å²) in [5, 5.41) is 13.1. The summed E-state index contributed by atoms with van der Waals surface area (Å²) >= 11 is 0. The number of pyridine rings is 1. The van der Waals surface area contributed by atoms with Gasteiger partial charge in [-0.3, -0.25) is 14.6 Å². The van der Waals surface area contributed by atoms with Gasteiger partial charge in [0.2, 0.25) is 5.91 Å². The normalized spacial score (nSPS) is 17.1. The molecule has 1 N–H and O–H groups in total. The first kappa shape index (κ1) is 21.5. The van der Waals surface area contributed by atoms with Crippen LogP contribution < -0.4 is 5.32 Å². The van der Waals surface area contributed by atoms with Crippen molar-refractivity contribution in [1.29, 1.82) is 5.26 Å². The zero-order chi connectivity index (χ0) is 23.9. The number of hydrogen-bond donors (Lipinski definition) is 1. The molecule has 1 atom stereocenters. The minimum absolute atomic E-state index is 0.294. The molecule has 34 heavy (non-hydrogen) atoms. The number of carbonyl (C=O) groups is 2. The Morgan fingerprint density at radius 3 is 2.79 bits per heavy atom. The number of amides is 2. The fourth-order valence-corrected chi connectivity index (χ4v) is 4.21. The van der Waals surface area contributed by atoms with Crippen molar-refractivity contribution in [2.45, 2.75) is 18.4 Å². The standard InChI is InChI=1S/C25H18F2N4O3/c26-25(27)11-18(12-28)31(14-25)23(32)13-30-24(33)19-5-7-29-21-4-3-16(9-20(19)21)17-2-1-15-6-8-34-22(15)10-17/h1-10,18H,11,13-14H2,(H,30,33)/t18-/m0/s1. The molecule has 0 bridgehead atoms. The molecule has 0 saturated carbocycles. The van der Waals surface area contributed by atoms with Gasteiger partial charge < -0.3 is 14.6 Å². The van der Waals surface area contributed by atoms with Gasteiger partial charge in [0.15, 0.2) is 0 Å². The third-order valence-corrected chi connectivity index (χ3v) is 5.92. The Hall–Kier alpha value is -4.32. The average Bonchev–Trinajstić information content (AvgIpc) is 3.44. The molecule has 0 radical (unpaired) electrons. The van der Waals surface area contributed by atoms with Gasteiger partial charge in [-0.2, -0.15) is 5.26 Å². The molecule has 0 aliphatic carbocycles. The molecule has 1 saturated heterocycles. The number of rotatable bonds is 4. The van der Waals surface area contributed by atoms with Crippen LogP contribution >= 0.6 is 0 Å². The highest BCUT2D eigenvalue weighted by atomic mass is 19.3. The molecule has 1 fully saturated rings. The highest BCUT2D eigenvalue weighted by molar-refractivity contribution is 6.07. The van der Waals surface area contributed by atoms with Crippen LogP contribution in [0.4, 0.5) is 8.78 Å². The van der Waals surface area contributed by atoms with Crippen LogP contribution in [0.5, 0.6) is 0 Å². The van der Waals surface area contributed by atoms with Gasteiger partial charge in [-0.25, -0.2) is 8.78 Å². The van der Waals surface area contributed by atoms with Gasteiger partial charge in [-0.05, 0) is 41.5 Å². The van der Waals surface area contributed by atoms with Crippen LogP contribution in [-0.4, -0.2) is 46.8 Å². The zero-order valence-electron chi connectivity index (χ0n) is 17.8. The summed E-state index contributed by atoms with van der Waals surface area (Å²) in [4.78, 5) is 30.5. The maximum Gasteiger partial charge on any atom is 0.268 e. The smallest absolute Gasteiger partial charge is 0.268 e. The summed E-state index contributed by atoms with van der Waals surface area (Å²) in [5.41, 5.74) is 3.36. The van der Waals surface area contributed by atoms with Crippen molar-refractivity contribution in [2.75, 3.05) is 13.1 Å². The quantitative estimate of drug-likeness (QED) is 0.494. The molecule has 4 aromatic rings. The molecular formula is C25H18F2N4O3. The zero-order valence-corrected chi connectivity index (χ0v) is 17.8. The summed E-state index contributed by atoms with van der Waals surface area (Å²) in [7, 11) is 0. The monoisotopic (exact) mass is 460 g/mol. The van der Waals surface area contributed by atoms with Gasteiger partial charge in [0.05, 0.1) is 36.5 Å². The van der Waals surface area contributed by atoms with E-state index in [1.54, 1.807) is 18.4 Å². The van der Waals surface area contributed by atoms with Crippen molar-refractivity contribution >= 4 is 33.7 Å². The number of hydrogen-bond acceptors (Lipinski definition) is 5. The van der Waals surface area contributed by atoms with E-state index in [1.165, 1.54) is 12.3 Å². The highest BCUT2D eigenvalue weighted by Gasteiger charge is 2.47. The maximum atomic E-state index is 13.6. The van der Waals surface area contributed by atoms with E-state index in [0.717, 1.165) is 27.0 Å². The SMILES string of the molecule is N#C[C@@H]1CC(F)(F)CN1C(=O)CNC(=O)c1ccnc2ccc(-c3ccc4ccoc4c3)cc12. The van der Waals surface area contributed by atoms with Gasteiger partial charge in [0.25, 0.3) is 11.8 Å². The fourth-order valence-electron chi connectivity index (χ4n) is 4.21. The second-order valence-corrected chi connectivity index (χ2v) is 8.17. The fraction of sp³-hybridized carbons (Fsp3) is 0.200. The number of nitriles is 1. The van der Waals surface area contributed by atoms with Crippen LogP contribution in [0.15, 0.2) is 65.4 Å². The Morgan fingerprint density at radius 2 is 1.97 bits per heavy atom. The van der Waals surface area contributed by atoms with Gasteiger partial charge >= 0.3 is 0 Å². The van der Waals surface area contributed by atoms with Crippen molar-refractivity contribution < 1.29 is 22.8 Å². The van der Waals surface area contributed by atoms with E-state index in [2.05, 4.69) is 10.3 Å². The van der Waals surface area contributed by atoms with Crippen LogP contribution in [-0.2, 0) is 4.79 Å². The molecule has 2 aromatic carbocycles. The van der Waals surface area contributed by atoms with Crippen molar-refractivity contribution in [1.82, 2.24) is 15.2 Å². The molecule has 0 unspecified atom stereocenters. The minimum Gasteiger partial charge on any atom is -0.464 e. The molecule has 1 aliphatic rings. The number of carbonyl (C=O) groups excluding carboxylic acids is 2. The molecule has 1 aliphatic heterocycles. The van der Waals surface area contributed by atoms with Gasteiger partial charge in [-0.1, -0.05) is 18.2 Å². The third-order valence-electron chi connectivity index (χ3n) is 5.92. The van der Waals surface area contributed by atoms with Crippen molar-refractivity contribution in [2.24, 2.45) is 0 Å². The lowest BCUT2D eigenvalue weighted by Gasteiger charge is -2.19. The Bertz CT molecular complexity index is 1470. The topological polar surface area (TPSA) is 99.2 Å². The molecule has 7 nitrogen and oxygen atoms in total. The molecule has 0 spiro atoms. The molecule has 2 amide bonds. The van der Waals surface area contributed by atoms with Crippen LogP contribution in [0.1, 0.15) is 16.8 Å². The molecular weight excluding hydrogens is 442 g/mol. The minimum atomic E-state index is -3.11. The second-order valence-electron chi connectivity index (χ2n) is 8.17. The molecule has 5 rings (SSSR count). The van der Waals surface area contributed by atoms with E-state index in [-0.39, 0.29) is 0 Å². The molecule has 3 heterocycles. The van der Waals surface area contributed by atoms with E-state index < -0.39 is 43.3 Å². The molecule has 9 heteroatoms. The number of halogens is 2. The Labute approximate surface area is 192 Å². The first-order valence-corrected chi connectivity index (χ1v) is 10.6. The summed E-state index contributed by atoms with van der Waals surface area (Å²) in [6.07, 6.45) is 2.40. The van der Waals surface area contributed by atoms with Crippen LogP contribution in [0.25, 0.3) is 33.0 Å². The van der Waals surface area contributed by atoms with Gasteiger partial charge in [0, 0.05) is 23.4 Å². The lowest BCUT2D eigenvalue weighted by Crippen LogP contribution is -2.43. The van der Waals surface area contributed by atoms with E-state index in [1.807, 2.05) is 36.4 Å². The maximum absolute atomic E-state index is 13.6. The average molecular weight is 460 g/mol. The predicted molar refractivity (Wildman–Crippen MR) is 120 cm³/mol. The van der Waals surface area contributed by atoms with Crippen molar-refractivity contribution in [3.8, 4) is 17.2 Å². The lowest BCUT2D eigenvalue weighted by molar-refractivity contribution is -0.131. The van der Waals surface area contributed by atoms with Crippen LogP contribution in [0.3, 0.4) is 0 Å². The number of likely N-dealkylation sites (tertiary alicyclic amines) is 1. The number of nitrogens with zero attached hydrogens (tertiary/aromatic N) is 3. The number of fused-ring (bicyclic) bond motifs is 2. The number of furan rings is 1. The first-order chi connectivity index (χ1) is 16.3. The molecule has 170 valence electrons. The van der Waals surface area contributed by atoms with E-state index >= 15 is 0 Å². The molecule has 2 aromatic heterocycles. The number of nitrogens with one attached hydrogen (secondary N) is 1.